The fourth-order valence-electron chi connectivity index (χ4n) is 3.60. The van der Waals surface area contributed by atoms with Gasteiger partial charge >= 0.3 is 4.87 Å². The number of aromatic nitrogens is 1. The van der Waals surface area contributed by atoms with Crippen LogP contribution in [0.1, 0.15) is 40.5 Å². The van der Waals surface area contributed by atoms with Gasteiger partial charge in [0.15, 0.2) is 0 Å². The van der Waals surface area contributed by atoms with E-state index in [1.807, 2.05) is 11.4 Å². The van der Waals surface area contributed by atoms with Gasteiger partial charge in [0.05, 0.1) is 10.2 Å². The van der Waals surface area contributed by atoms with Crippen LogP contribution in [-0.2, 0) is 16.1 Å². The highest BCUT2D eigenvalue weighted by Gasteiger charge is 2.16. The average molecular weight is 441 g/mol. The van der Waals surface area contributed by atoms with Crippen molar-refractivity contribution < 1.29 is 9.59 Å². The zero-order chi connectivity index (χ0) is 23.0. The summed E-state index contributed by atoms with van der Waals surface area (Å²) in [5.74, 6) is 0. The fraction of sp³-hybridized carbons (Fsp3) is 0.400. The van der Waals surface area contributed by atoms with Crippen LogP contribution < -0.4 is 9.77 Å². The molecule has 0 amide bonds. The van der Waals surface area contributed by atoms with Gasteiger partial charge in [0.25, 0.3) is 0 Å². The van der Waals surface area contributed by atoms with Crippen LogP contribution in [0.2, 0.25) is 0 Å². The quantitative estimate of drug-likeness (QED) is 0.440. The maximum atomic E-state index is 12.5. The van der Waals surface area contributed by atoms with E-state index in [1.54, 1.807) is 0 Å². The van der Waals surface area contributed by atoms with Gasteiger partial charge in [-0.2, -0.15) is 0 Å². The fourth-order valence-corrected chi connectivity index (χ4v) is 4.53. The first kappa shape index (κ1) is 24.5. The van der Waals surface area contributed by atoms with Crippen molar-refractivity contribution in [2.75, 3.05) is 18.0 Å². The van der Waals surface area contributed by atoms with E-state index in [4.69, 9.17) is 4.79 Å². The molecule has 0 fully saturated rings. The number of benzene rings is 2. The lowest BCUT2D eigenvalue weighted by Gasteiger charge is -2.24. The van der Waals surface area contributed by atoms with Gasteiger partial charge in [-0.3, -0.25) is 9.36 Å². The van der Waals surface area contributed by atoms with Crippen molar-refractivity contribution in [2.24, 2.45) is 5.41 Å². The maximum absolute atomic E-state index is 12.5. The number of anilines is 1. The molecule has 3 aromatic rings. The van der Waals surface area contributed by atoms with Gasteiger partial charge in [-0.25, -0.2) is 0 Å². The normalized spacial score (nSPS) is 11.1. The van der Waals surface area contributed by atoms with Gasteiger partial charge in [0, 0.05) is 31.7 Å². The van der Waals surface area contributed by atoms with E-state index in [1.165, 1.54) is 11.3 Å². The molecule has 1 aromatic heterocycles. The lowest BCUT2D eigenvalue weighted by molar-refractivity contribution is -0.107. The minimum Gasteiger partial charge on any atom is -0.371 e. The highest BCUT2D eigenvalue weighted by molar-refractivity contribution is 7.16. The summed E-state index contributed by atoms with van der Waals surface area (Å²) in [6.07, 6.45) is 2.54. The lowest BCUT2D eigenvalue weighted by atomic mass is 9.97. The number of rotatable bonds is 8. The summed E-state index contributed by atoms with van der Waals surface area (Å²) in [6.45, 7) is 13.0. The SMILES string of the molecule is C=O.CCCN(CCC=O)c1cccc(-c2ccc3c(c2)sc(=O)n3CC(C)(C)C)c1. The summed E-state index contributed by atoms with van der Waals surface area (Å²) in [5.41, 5.74) is 4.42. The van der Waals surface area contributed by atoms with Crippen molar-refractivity contribution in [3.05, 3.63) is 52.1 Å². The van der Waals surface area contributed by atoms with Gasteiger partial charge < -0.3 is 14.5 Å². The van der Waals surface area contributed by atoms with E-state index >= 15 is 0 Å². The van der Waals surface area contributed by atoms with Crippen LogP contribution in [-0.4, -0.2) is 30.7 Å². The molecule has 1 heterocycles. The molecule has 0 saturated heterocycles. The molecule has 0 aliphatic carbocycles. The number of carbonyl (C=O) groups is 2. The smallest absolute Gasteiger partial charge is 0.308 e. The van der Waals surface area contributed by atoms with E-state index in [0.29, 0.717) is 13.0 Å². The lowest BCUT2D eigenvalue weighted by Crippen LogP contribution is -2.25. The summed E-state index contributed by atoms with van der Waals surface area (Å²) >= 11 is 1.32. The summed E-state index contributed by atoms with van der Waals surface area (Å²) in [4.78, 5) is 33.7. The Morgan fingerprint density at radius 3 is 2.42 bits per heavy atom. The summed E-state index contributed by atoms with van der Waals surface area (Å²) in [6, 6.07) is 14.7. The first-order valence-corrected chi connectivity index (χ1v) is 11.4. The molecule has 0 N–H and O–H groups in total. The minimum absolute atomic E-state index is 0.0507. The molecule has 0 atom stereocenters. The van der Waals surface area contributed by atoms with E-state index in [2.05, 4.69) is 75.1 Å². The second kappa shape index (κ2) is 11.0. The van der Waals surface area contributed by atoms with Crippen LogP contribution in [0, 0.1) is 5.41 Å². The van der Waals surface area contributed by atoms with Crippen molar-refractivity contribution in [1.29, 1.82) is 0 Å². The molecule has 6 heteroatoms. The van der Waals surface area contributed by atoms with Crippen LogP contribution in [0.4, 0.5) is 5.69 Å². The number of fused-ring (bicyclic) bond motifs is 1. The molecule has 2 aromatic carbocycles. The van der Waals surface area contributed by atoms with E-state index < -0.39 is 0 Å². The van der Waals surface area contributed by atoms with Crippen molar-refractivity contribution in [3.8, 4) is 11.1 Å². The molecule has 3 rings (SSSR count). The van der Waals surface area contributed by atoms with Crippen molar-refractivity contribution in [2.45, 2.75) is 47.1 Å². The predicted molar refractivity (Wildman–Crippen MR) is 131 cm³/mol. The van der Waals surface area contributed by atoms with Crippen molar-refractivity contribution in [1.82, 2.24) is 4.57 Å². The highest BCUT2D eigenvalue weighted by Crippen LogP contribution is 2.30. The Hall–Kier alpha value is -2.73. The van der Waals surface area contributed by atoms with E-state index in [-0.39, 0.29) is 10.3 Å². The maximum Gasteiger partial charge on any atom is 0.308 e. The van der Waals surface area contributed by atoms with Crippen LogP contribution in [0.25, 0.3) is 21.3 Å². The Bertz CT molecular complexity index is 1060. The topological polar surface area (TPSA) is 59.4 Å². The van der Waals surface area contributed by atoms with Crippen LogP contribution in [0.3, 0.4) is 0 Å². The van der Waals surface area contributed by atoms with Crippen LogP contribution in [0.5, 0.6) is 0 Å². The largest absolute Gasteiger partial charge is 0.371 e. The molecule has 0 aliphatic heterocycles. The Kier molecular flexibility index (Phi) is 8.75. The van der Waals surface area contributed by atoms with Gasteiger partial charge in [-0.1, -0.05) is 57.2 Å². The molecular weight excluding hydrogens is 408 g/mol. The first-order valence-electron chi connectivity index (χ1n) is 10.5. The summed E-state index contributed by atoms with van der Waals surface area (Å²) in [5, 5.41) is 0. The molecule has 0 radical (unpaired) electrons. The molecule has 5 nitrogen and oxygen atoms in total. The molecule has 0 bridgehead atoms. The second-order valence-electron chi connectivity index (χ2n) is 8.69. The zero-order valence-electron chi connectivity index (χ0n) is 18.9. The van der Waals surface area contributed by atoms with Crippen molar-refractivity contribution in [3.63, 3.8) is 0 Å². The van der Waals surface area contributed by atoms with Gasteiger partial charge in [0.1, 0.15) is 13.1 Å². The molecule has 0 aliphatic rings. The number of nitrogens with zero attached hydrogens (tertiary/aromatic N) is 2. The minimum atomic E-state index is 0.0507. The molecular formula is C25H32N2O3S. The number of hydrogen-bond acceptors (Lipinski definition) is 5. The Labute approximate surface area is 188 Å². The van der Waals surface area contributed by atoms with Gasteiger partial charge in [-0.05, 0) is 47.2 Å². The molecule has 31 heavy (non-hydrogen) atoms. The third-order valence-corrected chi connectivity index (χ3v) is 5.80. The number of thiazole rings is 1. The number of carbonyl (C=O) groups excluding carboxylic acids is 2. The zero-order valence-corrected chi connectivity index (χ0v) is 19.7. The second-order valence-corrected chi connectivity index (χ2v) is 9.68. The van der Waals surface area contributed by atoms with Crippen LogP contribution in [0.15, 0.2) is 47.3 Å². The predicted octanol–water partition coefficient (Wildman–Crippen LogP) is 5.40. The molecule has 166 valence electrons. The van der Waals surface area contributed by atoms with Gasteiger partial charge in [-0.15, -0.1) is 0 Å². The monoisotopic (exact) mass is 440 g/mol. The number of hydrogen-bond donors (Lipinski definition) is 0. The van der Waals surface area contributed by atoms with Crippen molar-refractivity contribution >= 4 is 40.3 Å². The van der Waals surface area contributed by atoms with Gasteiger partial charge in [0.2, 0.25) is 0 Å². The average Bonchev–Trinajstić information content (AvgIpc) is 3.05. The summed E-state index contributed by atoms with van der Waals surface area (Å²) in [7, 11) is 0. The first-order chi connectivity index (χ1) is 14.8. The summed E-state index contributed by atoms with van der Waals surface area (Å²) < 4.78 is 2.91. The molecule has 0 saturated carbocycles. The molecule has 0 unspecified atom stereocenters. The van der Waals surface area contributed by atoms with E-state index in [0.717, 1.165) is 52.8 Å². The third-order valence-electron chi connectivity index (χ3n) is 4.86. The Balaban J connectivity index is 0.00000166. The molecule has 0 spiro atoms. The van der Waals surface area contributed by atoms with Crippen LogP contribution >= 0.6 is 11.3 Å². The Morgan fingerprint density at radius 1 is 1.06 bits per heavy atom. The van der Waals surface area contributed by atoms with E-state index in [9.17, 15) is 9.59 Å². The Morgan fingerprint density at radius 2 is 1.77 bits per heavy atom. The highest BCUT2D eigenvalue weighted by atomic mass is 32.1. The standard InChI is InChI=1S/C24H30N2O2S.CH2O/c1-5-12-25(13-7-14-27)20-9-6-8-18(15-20)19-10-11-21-22(16-19)29-23(28)26(21)17-24(2,3)4;1-2/h6,8-11,14-16H,5,7,12-13,17H2,1-4H3;1H2. The third kappa shape index (κ3) is 6.37. The number of aldehydes is 1.